The van der Waals surface area contributed by atoms with E-state index in [-0.39, 0.29) is 0 Å². The van der Waals surface area contributed by atoms with Gasteiger partial charge in [-0.1, -0.05) is 56.4 Å². The van der Waals surface area contributed by atoms with Crippen molar-refractivity contribution in [1.82, 2.24) is 0 Å². The summed E-state index contributed by atoms with van der Waals surface area (Å²) in [5.74, 6) is 0. The van der Waals surface area contributed by atoms with E-state index in [9.17, 15) is 0 Å². The molecule has 78 valence electrons. The molecule has 0 aromatic carbocycles. The van der Waals surface area contributed by atoms with Crippen LogP contribution in [0.25, 0.3) is 0 Å². The minimum atomic E-state index is 0.937. The lowest BCUT2D eigenvalue weighted by atomic mass is 10.2. The first kappa shape index (κ1) is 10.6. The Balaban J connectivity index is 1.78. The van der Waals surface area contributed by atoms with Crippen LogP contribution in [0.5, 0.6) is 0 Å². The molecule has 0 spiro atoms. The Labute approximate surface area is 93.9 Å². The average molecular weight is 216 g/mol. The molecule has 0 radical (unpaired) electrons. The molecule has 2 rings (SSSR count). The van der Waals surface area contributed by atoms with Gasteiger partial charge in [-0.3, -0.25) is 0 Å². The molecule has 0 aliphatic heterocycles. The van der Waals surface area contributed by atoms with E-state index in [0.717, 1.165) is 8.58 Å². The summed E-state index contributed by atoms with van der Waals surface area (Å²) in [5.41, 5.74) is 5.00. The molecule has 0 amide bonds. The Morgan fingerprint density at radius 2 is 2.40 bits per heavy atom. The van der Waals surface area contributed by atoms with E-state index >= 15 is 0 Å². The fourth-order valence-corrected chi connectivity index (χ4v) is 2.87. The number of allylic oxidation sites excluding steroid dienone is 9. The third-order valence-electron chi connectivity index (χ3n) is 2.83. The van der Waals surface area contributed by atoms with Crippen LogP contribution < -0.4 is 0 Å². The van der Waals surface area contributed by atoms with Gasteiger partial charge in [-0.15, -0.1) is 0 Å². The van der Waals surface area contributed by atoms with Crippen LogP contribution in [0.2, 0.25) is 0 Å². The lowest BCUT2D eigenvalue weighted by Crippen LogP contribution is -1.82. The van der Waals surface area contributed by atoms with E-state index in [2.05, 4.69) is 31.7 Å². The molecule has 2 aliphatic carbocycles. The van der Waals surface area contributed by atoms with E-state index in [1.165, 1.54) is 24.3 Å². The number of hydrogen-bond donors (Lipinski definition) is 0. The highest BCUT2D eigenvalue weighted by Gasteiger charge is 2.27. The monoisotopic (exact) mass is 216 g/mol. The molecule has 0 fully saturated rings. The van der Waals surface area contributed by atoms with Crippen LogP contribution in [0.4, 0.5) is 0 Å². The van der Waals surface area contributed by atoms with Crippen molar-refractivity contribution in [1.29, 1.82) is 0 Å². The van der Waals surface area contributed by atoms with Crippen LogP contribution in [0.15, 0.2) is 59.0 Å². The normalized spacial score (nSPS) is 20.3. The summed E-state index contributed by atoms with van der Waals surface area (Å²) >= 11 is 0. The van der Waals surface area contributed by atoms with E-state index in [0.29, 0.717) is 0 Å². The van der Waals surface area contributed by atoms with E-state index < -0.39 is 0 Å². The Morgan fingerprint density at radius 3 is 3.00 bits per heavy atom. The average Bonchev–Trinajstić information content (AvgIpc) is 2.90. The summed E-state index contributed by atoms with van der Waals surface area (Å²) in [7, 11) is 0.937. The minimum Gasteiger partial charge on any atom is -0.0991 e. The van der Waals surface area contributed by atoms with E-state index in [4.69, 9.17) is 0 Å². The minimum absolute atomic E-state index is 0.937. The molecule has 0 aromatic heterocycles. The predicted octanol–water partition coefficient (Wildman–Crippen LogP) is 4.34. The Kier molecular flexibility index (Phi) is 3.38. The van der Waals surface area contributed by atoms with Crippen LogP contribution in [-0.4, -0.2) is 6.16 Å². The standard InChI is InChI=1S/C14H17P/c1-3-4-5-6-11(2)15-10-13-8-7-12-9-14(12)13/h3-6,8,15H,1,7,9-10H2,2H3/b5-4-,11-6+. The summed E-state index contributed by atoms with van der Waals surface area (Å²) < 4.78 is 0. The SMILES string of the molecule is C=C/C=C\C=C(/C)PCC1=CCC2=C1C2. The van der Waals surface area contributed by atoms with Crippen molar-refractivity contribution in [2.24, 2.45) is 0 Å². The van der Waals surface area contributed by atoms with Crippen molar-refractivity contribution in [2.45, 2.75) is 19.8 Å². The molecule has 15 heavy (non-hydrogen) atoms. The molecule has 0 N–H and O–H groups in total. The summed E-state index contributed by atoms with van der Waals surface area (Å²) in [5, 5.41) is 1.48. The van der Waals surface area contributed by atoms with Crippen LogP contribution >= 0.6 is 8.58 Å². The second-order valence-corrected chi connectivity index (χ2v) is 5.51. The molecule has 1 atom stereocenters. The fraction of sp³-hybridized carbons (Fsp3) is 0.286. The third-order valence-corrected chi connectivity index (χ3v) is 4.11. The van der Waals surface area contributed by atoms with Crippen LogP contribution in [0, 0.1) is 0 Å². The lowest BCUT2D eigenvalue weighted by Gasteiger charge is -2.03. The predicted molar refractivity (Wildman–Crippen MR) is 70.6 cm³/mol. The topological polar surface area (TPSA) is 0 Å². The van der Waals surface area contributed by atoms with Gasteiger partial charge in [0.25, 0.3) is 0 Å². The van der Waals surface area contributed by atoms with Gasteiger partial charge in [-0.05, 0) is 37.1 Å². The summed E-state index contributed by atoms with van der Waals surface area (Å²) in [6.07, 6.45) is 14.3. The number of hydrogen-bond acceptors (Lipinski definition) is 0. The second-order valence-electron chi connectivity index (χ2n) is 4.02. The quantitative estimate of drug-likeness (QED) is 0.473. The van der Waals surface area contributed by atoms with Gasteiger partial charge in [0.2, 0.25) is 0 Å². The summed E-state index contributed by atoms with van der Waals surface area (Å²) in [4.78, 5) is 0. The second kappa shape index (κ2) is 4.77. The van der Waals surface area contributed by atoms with E-state index in [1.54, 1.807) is 16.7 Å². The van der Waals surface area contributed by atoms with Gasteiger partial charge in [0, 0.05) is 0 Å². The Bertz CT molecular complexity index is 392. The van der Waals surface area contributed by atoms with Crippen molar-refractivity contribution in [3.05, 3.63) is 59.0 Å². The first-order valence-corrected chi connectivity index (χ1v) is 6.62. The zero-order valence-electron chi connectivity index (χ0n) is 9.22. The first-order chi connectivity index (χ1) is 7.31. The molecule has 0 saturated heterocycles. The Morgan fingerprint density at radius 1 is 1.53 bits per heavy atom. The molecule has 0 bridgehead atoms. The fourth-order valence-electron chi connectivity index (χ4n) is 1.83. The van der Waals surface area contributed by atoms with Crippen molar-refractivity contribution < 1.29 is 0 Å². The zero-order valence-corrected chi connectivity index (χ0v) is 10.2. The highest BCUT2D eigenvalue weighted by Crippen LogP contribution is 2.47. The van der Waals surface area contributed by atoms with Crippen LogP contribution in [-0.2, 0) is 0 Å². The maximum absolute atomic E-state index is 3.65. The van der Waals surface area contributed by atoms with Crippen molar-refractivity contribution in [3.63, 3.8) is 0 Å². The summed E-state index contributed by atoms with van der Waals surface area (Å²) in [6.45, 7) is 5.86. The maximum Gasteiger partial charge on any atom is -0.00554 e. The molecule has 0 heterocycles. The largest absolute Gasteiger partial charge is 0.0991 e. The van der Waals surface area contributed by atoms with Gasteiger partial charge >= 0.3 is 0 Å². The summed E-state index contributed by atoms with van der Waals surface area (Å²) in [6, 6.07) is 0. The molecule has 1 heteroatoms. The molecular weight excluding hydrogens is 199 g/mol. The highest BCUT2D eigenvalue weighted by molar-refractivity contribution is 7.43. The smallest absolute Gasteiger partial charge is 0.00554 e. The van der Waals surface area contributed by atoms with Crippen molar-refractivity contribution >= 4 is 8.58 Å². The molecular formula is C14H17P. The molecule has 0 aromatic rings. The van der Waals surface area contributed by atoms with Crippen LogP contribution in [0.3, 0.4) is 0 Å². The van der Waals surface area contributed by atoms with Crippen LogP contribution in [0.1, 0.15) is 19.8 Å². The van der Waals surface area contributed by atoms with Gasteiger partial charge in [0.1, 0.15) is 0 Å². The van der Waals surface area contributed by atoms with Gasteiger partial charge in [-0.25, -0.2) is 0 Å². The van der Waals surface area contributed by atoms with E-state index in [1.807, 2.05) is 12.2 Å². The first-order valence-electron chi connectivity index (χ1n) is 5.41. The third kappa shape index (κ3) is 2.79. The van der Waals surface area contributed by atoms with Crippen molar-refractivity contribution in [2.75, 3.05) is 6.16 Å². The molecule has 1 unspecified atom stereocenters. The van der Waals surface area contributed by atoms with Gasteiger partial charge in [-0.2, -0.15) is 0 Å². The van der Waals surface area contributed by atoms with Crippen molar-refractivity contribution in [3.8, 4) is 0 Å². The maximum atomic E-state index is 3.65. The van der Waals surface area contributed by atoms with Gasteiger partial charge < -0.3 is 0 Å². The van der Waals surface area contributed by atoms with Gasteiger partial charge in [0.15, 0.2) is 0 Å². The van der Waals surface area contributed by atoms with Gasteiger partial charge in [0.05, 0.1) is 0 Å². The lowest BCUT2D eigenvalue weighted by molar-refractivity contribution is 1.22. The molecule has 2 aliphatic rings. The highest BCUT2D eigenvalue weighted by atomic mass is 31.1. The molecule has 0 saturated carbocycles. The zero-order chi connectivity index (χ0) is 10.7. The Hall–Kier alpha value is -0.870. The number of rotatable bonds is 5. The molecule has 0 nitrogen and oxygen atoms in total.